The van der Waals surface area contributed by atoms with Crippen LogP contribution >= 0.6 is 15.9 Å². The molecule has 6 heteroatoms. The number of hydrogen-bond donors (Lipinski definition) is 1. The van der Waals surface area contributed by atoms with Crippen LogP contribution in [0, 0.1) is 0 Å². The minimum Gasteiger partial charge on any atom is -0.292 e. The molecule has 0 bridgehead atoms. The Morgan fingerprint density at radius 2 is 2.40 bits per heavy atom. The molecule has 2 heterocycles. The topological polar surface area (TPSA) is 63.6 Å². The number of H-pyrrole nitrogens is 1. The van der Waals surface area contributed by atoms with Crippen LogP contribution in [0.2, 0.25) is 0 Å². The molecule has 0 amide bonds. The van der Waals surface area contributed by atoms with Crippen LogP contribution in [-0.4, -0.2) is 19.7 Å². The maximum Gasteiger partial charge on any atom is 0.287 e. The molecule has 78 valence electrons. The number of aromatic amines is 1. The molecule has 1 N–H and O–H groups in total. The Kier molecular flexibility index (Phi) is 2.68. The summed E-state index contributed by atoms with van der Waals surface area (Å²) < 4.78 is 1.95. The molecule has 0 aliphatic carbocycles. The minimum absolute atomic E-state index is 0.134. The zero-order chi connectivity index (χ0) is 10.8. The predicted molar refractivity (Wildman–Crippen MR) is 59.1 cm³/mol. The largest absolute Gasteiger partial charge is 0.292 e. The Balaban J connectivity index is 2.60. The second-order valence-corrected chi connectivity index (χ2v) is 3.76. The third-order valence-electron chi connectivity index (χ3n) is 2.05. The van der Waals surface area contributed by atoms with Gasteiger partial charge in [-0.15, -0.1) is 0 Å². The van der Waals surface area contributed by atoms with Crippen molar-refractivity contribution in [2.24, 2.45) is 0 Å². The lowest BCUT2D eigenvalue weighted by molar-refractivity contribution is 0.789. The number of halogens is 1. The summed E-state index contributed by atoms with van der Waals surface area (Å²) in [4.78, 5) is 19.6. The van der Waals surface area contributed by atoms with Crippen molar-refractivity contribution in [3.63, 3.8) is 0 Å². The van der Waals surface area contributed by atoms with Gasteiger partial charge < -0.3 is 0 Å². The van der Waals surface area contributed by atoms with Gasteiger partial charge in [-0.3, -0.25) is 9.89 Å². The number of rotatable bonds is 2. The van der Waals surface area contributed by atoms with E-state index in [4.69, 9.17) is 0 Å². The fourth-order valence-electron chi connectivity index (χ4n) is 1.27. The first-order valence-electron chi connectivity index (χ1n) is 4.49. The number of nitrogens with zero attached hydrogens (tertiary/aromatic N) is 3. The Morgan fingerprint density at radius 3 is 2.93 bits per heavy atom. The molecule has 15 heavy (non-hydrogen) atoms. The van der Waals surface area contributed by atoms with Crippen LogP contribution in [0.1, 0.15) is 12.6 Å². The van der Waals surface area contributed by atoms with Crippen LogP contribution in [-0.2, 0) is 6.42 Å². The van der Waals surface area contributed by atoms with Crippen molar-refractivity contribution < 1.29 is 0 Å². The lowest BCUT2D eigenvalue weighted by atomic mass is 10.3. The molecule has 0 atom stereocenters. The fourth-order valence-corrected chi connectivity index (χ4v) is 1.82. The van der Waals surface area contributed by atoms with E-state index in [0.29, 0.717) is 10.3 Å². The van der Waals surface area contributed by atoms with Crippen molar-refractivity contribution >= 4 is 15.9 Å². The zero-order valence-electron chi connectivity index (χ0n) is 8.07. The summed E-state index contributed by atoms with van der Waals surface area (Å²) in [5.74, 6) is 0.537. The van der Waals surface area contributed by atoms with Crippen LogP contribution in [0.4, 0.5) is 0 Å². The van der Waals surface area contributed by atoms with E-state index >= 15 is 0 Å². The molecule has 0 aliphatic heterocycles. The Hall–Kier alpha value is -1.43. The van der Waals surface area contributed by atoms with E-state index in [1.807, 2.05) is 6.92 Å². The van der Waals surface area contributed by atoms with Gasteiger partial charge in [0.1, 0.15) is 10.8 Å². The van der Waals surface area contributed by atoms with E-state index in [2.05, 4.69) is 31.0 Å². The maximum absolute atomic E-state index is 11.8. The quantitative estimate of drug-likeness (QED) is 0.893. The molecule has 0 radical (unpaired) electrons. The van der Waals surface area contributed by atoms with Gasteiger partial charge in [0.25, 0.3) is 5.56 Å². The molecule has 2 aromatic heterocycles. The lowest BCUT2D eigenvalue weighted by Gasteiger charge is -1.98. The van der Waals surface area contributed by atoms with Crippen molar-refractivity contribution in [2.75, 3.05) is 0 Å². The number of hydrogen-bond acceptors (Lipinski definition) is 3. The summed E-state index contributed by atoms with van der Waals surface area (Å²) >= 11 is 3.25. The highest BCUT2D eigenvalue weighted by atomic mass is 79.9. The molecule has 0 saturated carbocycles. The Morgan fingerprint density at radius 1 is 1.60 bits per heavy atom. The fraction of sp³-hybridized carbons (Fsp3) is 0.222. The highest BCUT2D eigenvalue weighted by Crippen LogP contribution is 2.11. The van der Waals surface area contributed by atoms with Crippen molar-refractivity contribution in [1.29, 1.82) is 0 Å². The van der Waals surface area contributed by atoms with Gasteiger partial charge >= 0.3 is 0 Å². The van der Waals surface area contributed by atoms with Gasteiger partial charge in [0.15, 0.2) is 5.82 Å². The standard InChI is InChI=1S/C9H9BrN4O/c1-2-6-8(10)9(15)14(13-6)7-3-4-11-5-12-7/h3-5,13H,2H2,1H3. The lowest BCUT2D eigenvalue weighted by Crippen LogP contribution is -2.15. The van der Waals surface area contributed by atoms with Crippen LogP contribution in [0.15, 0.2) is 27.9 Å². The second-order valence-electron chi connectivity index (χ2n) is 2.97. The van der Waals surface area contributed by atoms with Gasteiger partial charge in [-0.25, -0.2) is 14.6 Å². The number of aromatic nitrogens is 4. The zero-order valence-corrected chi connectivity index (χ0v) is 9.65. The smallest absolute Gasteiger partial charge is 0.287 e. The molecule has 5 nitrogen and oxygen atoms in total. The average molecular weight is 269 g/mol. The van der Waals surface area contributed by atoms with E-state index in [1.54, 1.807) is 12.3 Å². The molecule has 0 spiro atoms. The molecule has 0 aromatic carbocycles. The Labute approximate surface area is 94.3 Å². The first kappa shape index (κ1) is 10.1. The molecule has 0 saturated heterocycles. The summed E-state index contributed by atoms with van der Waals surface area (Å²) in [7, 11) is 0. The monoisotopic (exact) mass is 268 g/mol. The average Bonchev–Trinajstić information content (AvgIpc) is 2.57. The molecule has 0 fully saturated rings. The summed E-state index contributed by atoms with van der Waals surface area (Å²) in [6, 6.07) is 1.67. The maximum atomic E-state index is 11.8. The van der Waals surface area contributed by atoms with Crippen LogP contribution < -0.4 is 5.56 Å². The molecular formula is C9H9BrN4O. The number of nitrogens with one attached hydrogen (secondary N) is 1. The normalized spacial score (nSPS) is 10.5. The SMILES string of the molecule is CCc1[nH]n(-c2ccncn2)c(=O)c1Br. The molecule has 2 rings (SSSR count). The Bertz CT molecular complexity index is 517. The van der Waals surface area contributed by atoms with Crippen molar-refractivity contribution in [3.8, 4) is 5.82 Å². The second kappa shape index (κ2) is 3.98. The summed E-state index contributed by atoms with van der Waals surface area (Å²) in [6.07, 6.45) is 3.76. The van der Waals surface area contributed by atoms with E-state index in [0.717, 1.165) is 12.1 Å². The van der Waals surface area contributed by atoms with Gasteiger partial charge in [0, 0.05) is 12.3 Å². The van der Waals surface area contributed by atoms with Crippen molar-refractivity contribution in [2.45, 2.75) is 13.3 Å². The van der Waals surface area contributed by atoms with Gasteiger partial charge in [0.05, 0.1) is 5.69 Å². The molecule has 0 aliphatic rings. The first-order valence-corrected chi connectivity index (χ1v) is 5.29. The third kappa shape index (κ3) is 1.72. The summed E-state index contributed by atoms with van der Waals surface area (Å²) in [6.45, 7) is 1.97. The summed E-state index contributed by atoms with van der Waals surface area (Å²) in [5.41, 5.74) is 0.726. The van der Waals surface area contributed by atoms with Crippen LogP contribution in [0.25, 0.3) is 5.82 Å². The first-order chi connectivity index (χ1) is 7.24. The van der Waals surface area contributed by atoms with Gasteiger partial charge in [0.2, 0.25) is 0 Å². The highest BCUT2D eigenvalue weighted by molar-refractivity contribution is 9.10. The van der Waals surface area contributed by atoms with E-state index in [9.17, 15) is 4.79 Å². The molecular weight excluding hydrogens is 260 g/mol. The van der Waals surface area contributed by atoms with Crippen molar-refractivity contribution in [3.05, 3.63) is 39.1 Å². The number of aryl methyl sites for hydroxylation is 1. The minimum atomic E-state index is -0.134. The van der Waals surface area contributed by atoms with Crippen LogP contribution in [0.5, 0.6) is 0 Å². The van der Waals surface area contributed by atoms with Crippen LogP contribution in [0.3, 0.4) is 0 Å². The van der Waals surface area contributed by atoms with E-state index < -0.39 is 0 Å². The van der Waals surface area contributed by atoms with Gasteiger partial charge in [-0.2, -0.15) is 0 Å². The van der Waals surface area contributed by atoms with E-state index in [-0.39, 0.29) is 5.56 Å². The highest BCUT2D eigenvalue weighted by Gasteiger charge is 2.11. The predicted octanol–water partition coefficient (Wildman–Crippen LogP) is 1.28. The van der Waals surface area contributed by atoms with E-state index in [1.165, 1.54) is 11.0 Å². The van der Waals surface area contributed by atoms with Gasteiger partial charge in [-0.1, -0.05) is 6.92 Å². The molecule has 0 unspecified atom stereocenters. The molecule has 2 aromatic rings. The summed E-state index contributed by atoms with van der Waals surface area (Å²) in [5, 5.41) is 2.98. The third-order valence-corrected chi connectivity index (χ3v) is 2.87. The van der Waals surface area contributed by atoms with Gasteiger partial charge in [-0.05, 0) is 22.4 Å². The van der Waals surface area contributed by atoms with Crippen molar-refractivity contribution in [1.82, 2.24) is 19.7 Å².